The molecule has 0 saturated heterocycles. The Morgan fingerprint density at radius 2 is 1.69 bits per heavy atom. The van der Waals surface area contributed by atoms with Gasteiger partial charge in [0, 0.05) is 27.7 Å². The molecule has 0 aromatic carbocycles. The summed E-state index contributed by atoms with van der Waals surface area (Å²) in [6.07, 6.45) is 0. The van der Waals surface area contributed by atoms with E-state index in [2.05, 4.69) is 44.3 Å². The average molecular weight is 661 g/mol. The third-order valence-corrected chi connectivity index (χ3v) is 22.4. The van der Waals surface area contributed by atoms with E-state index in [0.717, 1.165) is 0 Å². The van der Waals surface area contributed by atoms with Gasteiger partial charge in [-0.25, -0.2) is 0 Å². The SMILES string of the molecule is CCN(CC)C[I-][PH+](C)[N+](C)(CC)[I-]C.[Hg]. The standard InChI is InChI=1S/C10H27I2N2P.Hg/c1-7-13(8-2)10-12-15(6)14(5,9-3)11-4;/h15H,7-10H2,1-6H3;. The molecule has 98 valence electrons. The molecule has 0 saturated carbocycles. The second-order valence-corrected chi connectivity index (χ2v) is 17.5. The summed E-state index contributed by atoms with van der Waals surface area (Å²) in [5, 5.41) is 0. The molecule has 0 aliphatic carbocycles. The molecule has 0 bridgehead atoms. The molecule has 16 heavy (non-hydrogen) atoms. The van der Waals surface area contributed by atoms with Gasteiger partial charge in [0.2, 0.25) is 0 Å². The van der Waals surface area contributed by atoms with Crippen molar-refractivity contribution in [2.45, 2.75) is 20.8 Å². The Morgan fingerprint density at radius 3 is 2.00 bits per heavy atom. The van der Waals surface area contributed by atoms with Crippen LogP contribution in [-0.4, -0.2) is 50.2 Å². The Labute approximate surface area is 144 Å². The van der Waals surface area contributed by atoms with Gasteiger partial charge in [0.1, 0.15) is 0 Å². The van der Waals surface area contributed by atoms with Gasteiger partial charge in [-0.15, -0.1) is 0 Å². The molecule has 0 aliphatic heterocycles. The van der Waals surface area contributed by atoms with Gasteiger partial charge < -0.3 is 0 Å². The van der Waals surface area contributed by atoms with Crippen molar-refractivity contribution in [2.24, 2.45) is 0 Å². The molecule has 0 spiro atoms. The molecule has 0 rings (SSSR count). The Morgan fingerprint density at radius 1 is 1.19 bits per heavy atom. The normalized spacial score (nSPS) is 17.2. The predicted octanol–water partition coefficient (Wildman–Crippen LogP) is -3.85. The van der Waals surface area contributed by atoms with Crippen LogP contribution in [0.5, 0.6) is 0 Å². The van der Waals surface area contributed by atoms with E-state index in [4.69, 9.17) is 0 Å². The van der Waals surface area contributed by atoms with Crippen LogP contribution in [0, 0.1) is 0 Å². The van der Waals surface area contributed by atoms with Crippen LogP contribution in [0.3, 0.4) is 0 Å². The monoisotopic (exact) mass is 662 g/mol. The number of halogens is 2. The molecule has 6 heteroatoms. The van der Waals surface area contributed by atoms with Crippen molar-refractivity contribution in [1.29, 1.82) is 0 Å². The topological polar surface area (TPSA) is 3.24 Å². The summed E-state index contributed by atoms with van der Waals surface area (Å²) in [5.74, 6) is 0. The minimum Gasteiger partial charge on any atom is 0 e. The largest absolute Gasteiger partial charge is 0 e. The van der Waals surface area contributed by atoms with Crippen LogP contribution >= 0.6 is 5.71 Å². The van der Waals surface area contributed by atoms with Crippen molar-refractivity contribution in [1.82, 2.24) is 4.90 Å². The molecule has 0 N–H and O–H groups in total. The molecule has 0 heterocycles. The second-order valence-electron chi connectivity index (χ2n) is 3.61. The van der Waals surface area contributed by atoms with Crippen LogP contribution in [0.4, 0.5) is 0 Å². The van der Waals surface area contributed by atoms with Crippen molar-refractivity contribution >= 4 is 5.71 Å². The zero-order valence-corrected chi connectivity index (χ0v) is 22.5. The van der Waals surface area contributed by atoms with Gasteiger partial charge in [0.05, 0.1) is 0 Å². The first-order valence-corrected chi connectivity index (χ1v) is 15.3. The van der Waals surface area contributed by atoms with E-state index < -0.39 is 0 Å². The van der Waals surface area contributed by atoms with Crippen molar-refractivity contribution in [2.75, 3.05) is 42.8 Å². The molecule has 0 fully saturated rings. The molecule has 0 aromatic rings. The predicted molar refractivity (Wildman–Crippen MR) is 64.7 cm³/mol. The van der Waals surface area contributed by atoms with Gasteiger partial charge in [0.15, 0.2) is 0 Å². The summed E-state index contributed by atoms with van der Waals surface area (Å²) in [4.78, 5) is 5.06. The minimum atomic E-state index is -0.0884. The molecule has 0 aromatic heterocycles. The Kier molecular flexibility index (Phi) is 15.2. The Hall–Kier alpha value is 2.75. The summed E-state index contributed by atoms with van der Waals surface area (Å²) >= 11 is 0.802. The molecule has 2 unspecified atom stereocenters. The average Bonchev–Trinajstić information content (AvgIpc) is 2.29. The van der Waals surface area contributed by atoms with E-state index in [1.807, 2.05) is 0 Å². The first kappa shape index (κ1) is 21.1. The van der Waals surface area contributed by atoms with Crippen LogP contribution in [0.1, 0.15) is 20.8 Å². The third-order valence-electron chi connectivity index (χ3n) is 2.93. The van der Waals surface area contributed by atoms with Crippen LogP contribution in [0.15, 0.2) is 0 Å². The number of hydrogen-bond donors (Lipinski definition) is 0. The number of alkyl halides is 2. The number of nitrogens with zero attached hydrogens (tertiary/aromatic N) is 2. The maximum Gasteiger partial charge on any atom is 0 e. The maximum atomic E-state index is 2.61. The van der Waals surface area contributed by atoms with Gasteiger partial charge >= 0.3 is 119 Å². The molecule has 0 amide bonds. The molecule has 2 nitrogen and oxygen atoms in total. The van der Waals surface area contributed by atoms with Crippen LogP contribution in [0.2, 0.25) is 0 Å². The van der Waals surface area contributed by atoms with Gasteiger partial charge in [-0.2, -0.15) is 0 Å². The maximum absolute atomic E-state index is 2.61. The second kappa shape index (κ2) is 11.6. The zero-order valence-electron chi connectivity index (χ0n) is 11.7. The van der Waals surface area contributed by atoms with Gasteiger partial charge in [-0.3, -0.25) is 0 Å². The molecule has 2 atom stereocenters. The van der Waals surface area contributed by atoms with E-state index >= 15 is 0 Å². The molecule has 0 radical (unpaired) electrons. The Bertz CT molecular complexity index is 167. The van der Waals surface area contributed by atoms with Crippen LogP contribution in [0.25, 0.3) is 0 Å². The fourth-order valence-electron chi connectivity index (χ4n) is 1.14. The van der Waals surface area contributed by atoms with Crippen molar-refractivity contribution in [3.8, 4) is 0 Å². The van der Waals surface area contributed by atoms with Crippen LogP contribution in [-0.2, 0) is 27.7 Å². The summed E-state index contributed by atoms with van der Waals surface area (Å²) < 4.78 is 2.90. The van der Waals surface area contributed by atoms with Crippen LogP contribution < -0.4 is 42.1 Å². The summed E-state index contributed by atoms with van der Waals surface area (Å²) in [5.41, 5.74) is -0.0884. The molecular weight excluding hydrogens is 633 g/mol. The first-order valence-electron chi connectivity index (χ1n) is 5.56. The van der Waals surface area contributed by atoms with Gasteiger partial charge in [0.25, 0.3) is 0 Å². The van der Waals surface area contributed by atoms with Crippen molar-refractivity contribution in [3.05, 3.63) is 0 Å². The fraction of sp³-hybridized carbons (Fsp3) is 1.00. The zero-order chi connectivity index (χ0) is 11.9. The quantitative estimate of drug-likeness (QED) is 0.0645. The van der Waals surface area contributed by atoms with E-state index in [1.54, 1.807) is 0 Å². The van der Waals surface area contributed by atoms with Crippen molar-refractivity contribution < 1.29 is 72.3 Å². The Balaban J connectivity index is 0. The number of quaternary nitrogens is 1. The fourth-order valence-corrected chi connectivity index (χ4v) is 18.4. The number of hydrogen-bond acceptors (Lipinski definition) is 1. The van der Waals surface area contributed by atoms with Gasteiger partial charge in [-0.05, 0) is 0 Å². The molecule has 0 aliphatic rings. The van der Waals surface area contributed by atoms with E-state index in [9.17, 15) is 0 Å². The summed E-state index contributed by atoms with van der Waals surface area (Å²) in [6, 6.07) is 0. The molecular formula is C10H27HgI2N2P. The minimum absolute atomic E-state index is 0. The summed E-state index contributed by atoms with van der Waals surface area (Å²) in [6.45, 7) is 13.4. The van der Waals surface area contributed by atoms with E-state index in [-0.39, 0.29) is 33.4 Å². The first-order chi connectivity index (χ1) is 7.03. The number of rotatable bonds is 8. The van der Waals surface area contributed by atoms with E-state index in [0.29, 0.717) is 42.1 Å². The smallest absolute Gasteiger partial charge is 0 e. The summed E-state index contributed by atoms with van der Waals surface area (Å²) in [7, 11) is 2.50. The third kappa shape index (κ3) is 7.36. The van der Waals surface area contributed by atoms with Gasteiger partial charge in [-0.1, -0.05) is 0 Å². The van der Waals surface area contributed by atoms with Crippen molar-refractivity contribution in [3.63, 3.8) is 0 Å². The van der Waals surface area contributed by atoms with E-state index in [1.165, 1.54) is 26.7 Å².